The lowest BCUT2D eigenvalue weighted by molar-refractivity contribution is 0.0788. The predicted octanol–water partition coefficient (Wildman–Crippen LogP) is 0.984. The zero-order valence-electron chi connectivity index (χ0n) is 13.2. The highest BCUT2D eigenvalue weighted by atomic mass is 16.5. The summed E-state index contributed by atoms with van der Waals surface area (Å²) in [5.41, 5.74) is 1.60. The summed E-state index contributed by atoms with van der Waals surface area (Å²) in [6, 6.07) is 1.76. The number of ether oxygens (including phenoxy) is 1. The number of aromatic amines is 1. The molecule has 2 aromatic heterocycles. The van der Waals surface area contributed by atoms with Crippen molar-refractivity contribution in [2.45, 2.75) is 44.2 Å². The fourth-order valence-electron chi connectivity index (χ4n) is 3.08. The van der Waals surface area contributed by atoms with Crippen LogP contribution in [0.15, 0.2) is 6.07 Å². The highest BCUT2D eigenvalue weighted by Crippen LogP contribution is 2.40. The van der Waals surface area contributed by atoms with Crippen LogP contribution < -0.4 is 5.32 Å². The standard InChI is InChI=1S/C15H20N6O2/c1-8-16-14(19-18-8)13-10(5-6-23-13)17-15(22)11-7-12(9-3-4-9)21(2)20-11/h7,9-10,13H,3-6H2,1-2H3,(H,17,22)(H,16,18,19)/t10-,13+/m0/s1. The second-order valence-corrected chi connectivity index (χ2v) is 6.29. The summed E-state index contributed by atoms with van der Waals surface area (Å²) in [7, 11) is 1.89. The molecule has 0 aromatic carbocycles. The summed E-state index contributed by atoms with van der Waals surface area (Å²) >= 11 is 0. The molecule has 2 atom stereocenters. The lowest BCUT2D eigenvalue weighted by Crippen LogP contribution is -2.37. The fraction of sp³-hybridized carbons (Fsp3) is 0.600. The molecule has 0 unspecified atom stereocenters. The van der Waals surface area contributed by atoms with Gasteiger partial charge in [0.25, 0.3) is 5.91 Å². The van der Waals surface area contributed by atoms with Gasteiger partial charge in [0.1, 0.15) is 17.6 Å². The number of H-pyrrole nitrogens is 1. The third kappa shape index (κ3) is 2.74. The van der Waals surface area contributed by atoms with E-state index in [-0.39, 0.29) is 18.1 Å². The largest absolute Gasteiger partial charge is 0.368 e. The number of hydrogen-bond acceptors (Lipinski definition) is 5. The van der Waals surface area contributed by atoms with Gasteiger partial charge in [-0.1, -0.05) is 0 Å². The molecule has 2 aliphatic rings. The van der Waals surface area contributed by atoms with Crippen molar-refractivity contribution in [1.82, 2.24) is 30.3 Å². The maximum atomic E-state index is 12.5. The minimum atomic E-state index is -0.310. The molecule has 2 aromatic rings. The Kier molecular flexibility index (Phi) is 3.41. The van der Waals surface area contributed by atoms with Crippen molar-refractivity contribution in [2.24, 2.45) is 7.05 Å². The molecule has 122 valence electrons. The molecule has 8 heteroatoms. The van der Waals surface area contributed by atoms with Crippen LogP contribution in [0.2, 0.25) is 0 Å². The summed E-state index contributed by atoms with van der Waals surface area (Å²) in [5, 5.41) is 14.3. The van der Waals surface area contributed by atoms with E-state index in [4.69, 9.17) is 4.74 Å². The Balaban J connectivity index is 1.48. The van der Waals surface area contributed by atoms with E-state index in [0.717, 1.165) is 17.9 Å². The zero-order chi connectivity index (χ0) is 16.0. The van der Waals surface area contributed by atoms with E-state index in [2.05, 4.69) is 25.6 Å². The normalized spacial score (nSPS) is 24.1. The van der Waals surface area contributed by atoms with Crippen LogP contribution in [0.5, 0.6) is 0 Å². The van der Waals surface area contributed by atoms with E-state index < -0.39 is 0 Å². The van der Waals surface area contributed by atoms with Crippen molar-refractivity contribution in [3.63, 3.8) is 0 Å². The van der Waals surface area contributed by atoms with Crippen molar-refractivity contribution in [1.29, 1.82) is 0 Å². The Labute approximate surface area is 133 Å². The van der Waals surface area contributed by atoms with E-state index in [0.29, 0.717) is 24.0 Å². The molecule has 1 saturated heterocycles. The van der Waals surface area contributed by atoms with Crippen LogP contribution in [0.1, 0.15) is 59.1 Å². The molecule has 2 N–H and O–H groups in total. The summed E-state index contributed by atoms with van der Waals surface area (Å²) in [6.45, 7) is 2.42. The second kappa shape index (κ2) is 5.45. The second-order valence-electron chi connectivity index (χ2n) is 6.29. The predicted molar refractivity (Wildman–Crippen MR) is 80.9 cm³/mol. The maximum absolute atomic E-state index is 12.5. The molecular formula is C15H20N6O2. The van der Waals surface area contributed by atoms with Gasteiger partial charge in [-0.25, -0.2) is 4.98 Å². The molecule has 1 aliphatic heterocycles. The quantitative estimate of drug-likeness (QED) is 0.876. The summed E-state index contributed by atoms with van der Waals surface area (Å²) < 4.78 is 7.51. The zero-order valence-corrected chi connectivity index (χ0v) is 13.2. The first-order chi connectivity index (χ1) is 11.1. The van der Waals surface area contributed by atoms with E-state index in [1.165, 1.54) is 12.8 Å². The van der Waals surface area contributed by atoms with E-state index in [9.17, 15) is 4.79 Å². The molecular weight excluding hydrogens is 296 g/mol. The Hall–Kier alpha value is -2.22. The van der Waals surface area contributed by atoms with Gasteiger partial charge >= 0.3 is 0 Å². The van der Waals surface area contributed by atoms with Crippen LogP contribution in [0.25, 0.3) is 0 Å². The van der Waals surface area contributed by atoms with Crippen LogP contribution in [-0.4, -0.2) is 43.5 Å². The monoisotopic (exact) mass is 316 g/mol. The van der Waals surface area contributed by atoms with Crippen LogP contribution in [0.4, 0.5) is 0 Å². The number of aromatic nitrogens is 5. The van der Waals surface area contributed by atoms with E-state index in [1.54, 1.807) is 0 Å². The van der Waals surface area contributed by atoms with Gasteiger partial charge < -0.3 is 10.1 Å². The Morgan fingerprint density at radius 3 is 2.96 bits per heavy atom. The number of carbonyl (C=O) groups is 1. The van der Waals surface area contributed by atoms with Crippen LogP contribution in [0, 0.1) is 6.92 Å². The number of carbonyl (C=O) groups excluding carboxylic acids is 1. The molecule has 0 radical (unpaired) electrons. The molecule has 1 amide bonds. The van der Waals surface area contributed by atoms with Gasteiger partial charge in [0, 0.05) is 25.3 Å². The molecule has 0 bridgehead atoms. The summed E-state index contributed by atoms with van der Waals surface area (Å²) in [6.07, 6.45) is 2.80. The van der Waals surface area contributed by atoms with Gasteiger partial charge in [-0.15, -0.1) is 0 Å². The first-order valence-electron chi connectivity index (χ1n) is 7.97. The molecule has 1 saturated carbocycles. The lowest BCUT2D eigenvalue weighted by atomic mass is 10.1. The number of hydrogen-bond donors (Lipinski definition) is 2. The first kappa shape index (κ1) is 14.4. The van der Waals surface area contributed by atoms with Crippen molar-refractivity contribution < 1.29 is 9.53 Å². The van der Waals surface area contributed by atoms with Crippen LogP contribution in [-0.2, 0) is 11.8 Å². The van der Waals surface area contributed by atoms with Crippen molar-refractivity contribution >= 4 is 5.91 Å². The van der Waals surface area contributed by atoms with Gasteiger partial charge in [-0.05, 0) is 32.3 Å². The fourth-order valence-corrected chi connectivity index (χ4v) is 3.08. The average Bonchev–Trinajstić information content (AvgIpc) is 2.92. The number of nitrogens with one attached hydrogen (secondary N) is 2. The number of amides is 1. The molecule has 4 rings (SSSR count). The van der Waals surface area contributed by atoms with Gasteiger partial charge in [-0.3, -0.25) is 14.6 Å². The molecule has 3 heterocycles. The van der Waals surface area contributed by atoms with Crippen molar-refractivity contribution in [3.05, 3.63) is 29.1 Å². The van der Waals surface area contributed by atoms with Crippen molar-refractivity contribution in [2.75, 3.05) is 6.61 Å². The molecule has 1 aliphatic carbocycles. The summed E-state index contributed by atoms with van der Waals surface area (Å²) in [4.78, 5) is 16.8. The Bertz CT molecular complexity index is 732. The van der Waals surface area contributed by atoms with E-state index >= 15 is 0 Å². The third-order valence-corrected chi connectivity index (χ3v) is 4.42. The number of rotatable bonds is 4. The Morgan fingerprint density at radius 1 is 1.43 bits per heavy atom. The highest BCUT2D eigenvalue weighted by Gasteiger charge is 2.35. The van der Waals surface area contributed by atoms with Gasteiger partial charge in [0.05, 0.1) is 6.04 Å². The first-order valence-corrected chi connectivity index (χ1v) is 7.97. The SMILES string of the molecule is Cc1nc([C@@H]2OCC[C@@H]2NC(=O)c2cc(C3CC3)n(C)n2)n[nH]1. The molecule has 23 heavy (non-hydrogen) atoms. The Morgan fingerprint density at radius 2 is 2.26 bits per heavy atom. The lowest BCUT2D eigenvalue weighted by Gasteiger charge is -2.16. The number of nitrogens with zero attached hydrogens (tertiary/aromatic N) is 4. The van der Waals surface area contributed by atoms with Gasteiger partial charge in [0.15, 0.2) is 5.82 Å². The van der Waals surface area contributed by atoms with Crippen LogP contribution >= 0.6 is 0 Å². The average molecular weight is 316 g/mol. The van der Waals surface area contributed by atoms with Gasteiger partial charge in [-0.2, -0.15) is 10.2 Å². The maximum Gasteiger partial charge on any atom is 0.272 e. The topological polar surface area (TPSA) is 97.7 Å². The minimum Gasteiger partial charge on any atom is -0.368 e. The number of aryl methyl sites for hydroxylation is 2. The van der Waals surface area contributed by atoms with Gasteiger partial charge in [0.2, 0.25) is 0 Å². The molecule has 2 fully saturated rings. The molecule has 0 spiro atoms. The smallest absolute Gasteiger partial charge is 0.272 e. The highest BCUT2D eigenvalue weighted by molar-refractivity contribution is 5.92. The minimum absolute atomic E-state index is 0.135. The van der Waals surface area contributed by atoms with Crippen molar-refractivity contribution in [3.8, 4) is 0 Å². The summed E-state index contributed by atoms with van der Waals surface area (Å²) in [5.74, 6) is 1.72. The molecule has 8 nitrogen and oxygen atoms in total. The van der Waals surface area contributed by atoms with E-state index in [1.807, 2.05) is 24.7 Å². The van der Waals surface area contributed by atoms with Crippen LogP contribution in [0.3, 0.4) is 0 Å². The third-order valence-electron chi connectivity index (χ3n) is 4.42.